The van der Waals surface area contributed by atoms with Crippen molar-refractivity contribution >= 4 is 22.6 Å². The summed E-state index contributed by atoms with van der Waals surface area (Å²) in [7, 11) is 0. The van der Waals surface area contributed by atoms with E-state index in [9.17, 15) is 4.79 Å². The third kappa shape index (κ3) is 2.30. The van der Waals surface area contributed by atoms with Gasteiger partial charge in [0.05, 0.1) is 15.6 Å². The Bertz CT molecular complexity index is 319. The van der Waals surface area contributed by atoms with Crippen LogP contribution in [-0.2, 0) is 6.42 Å². The maximum Gasteiger partial charge on any atom is 0.264 e. The minimum atomic E-state index is -0.0405. The van der Waals surface area contributed by atoms with Gasteiger partial charge in [-0.25, -0.2) is 4.98 Å². The van der Waals surface area contributed by atoms with Crippen LogP contribution in [-0.4, -0.2) is 9.97 Å². The van der Waals surface area contributed by atoms with Gasteiger partial charge in [-0.1, -0.05) is 13.8 Å². The Balaban J connectivity index is 3.00. The molecule has 0 saturated heterocycles. The van der Waals surface area contributed by atoms with Crippen LogP contribution in [0.4, 0.5) is 0 Å². The maximum atomic E-state index is 11.1. The highest BCUT2D eigenvalue weighted by Gasteiger charge is 2.06. The summed E-state index contributed by atoms with van der Waals surface area (Å²) >= 11 is 2.03. The summed E-state index contributed by atoms with van der Waals surface area (Å²) in [5.41, 5.74) is 0.857. The van der Waals surface area contributed by atoms with Crippen LogP contribution in [0.3, 0.4) is 0 Å². The van der Waals surface area contributed by atoms with Gasteiger partial charge in [-0.15, -0.1) is 0 Å². The smallest absolute Gasteiger partial charge is 0.264 e. The van der Waals surface area contributed by atoms with Gasteiger partial charge in [-0.2, -0.15) is 0 Å². The molecule has 0 aromatic carbocycles. The van der Waals surface area contributed by atoms with E-state index in [4.69, 9.17) is 0 Å². The Labute approximate surface area is 84.8 Å². The quantitative estimate of drug-likeness (QED) is 0.835. The topological polar surface area (TPSA) is 45.8 Å². The summed E-state index contributed by atoms with van der Waals surface area (Å²) in [4.78, 5) is 17.8. The molecule has 0 radical (unpaired) electrons. The van der Waals surface area contributed by atoms with Crippen LogP contribution in [0.25, 0.3) is 0 Å². The van der Waals surface area contributed by atoms with Crippen LogP contribution in [0.1, 0.15) is 19.5 Å². The molecule has 4 heteroatoms. The lowest BCUT2D eigenvalue weighted by atomic mass is 10.1. The zero-order chi connectivity index (χ0) is 9.14. The summed E-state index contributed by atoms with van der Waals surface area (Å²) < 4.78 is 0.712. The third-order valence-electron chi connectivity index (χ3n) is 1.47. The van der Waals surface area contributed by atoms with Gasteiger partial charge in [0.1, 0.15) is 0 Å². The number of halogens is 1. The molecule has 0 bridgehead atoms. The molecule has 3 nitrogen and oxygen atoms in total. The van der Waals surface area contributed by atoms with Gasteiger partial charge >= 0.3 is 0 Å². The Hall–Kier alpha value is -0.390. The molecule has 0 spiro atoms. The first-order valence-electron chi connectivity index (χ1n) is 3.83. The molecule has 0 amide bonds. The molecule has 1 N–H and O–H groups in total. The standard InChI is InChI=1S/C8H11IN2O/c1-5(2)3-6-7(9)8(12)11-4-10-6/h4-5H,3H2,1-2H3,(H,10,11,12). The molecule has 12 heavy (non-hydrogen) atoms. The van der Waals surface area contributed by atoms with Crippen molar-refractivity contribution in [3.05, 3.63) is 25.9 Å². The van der Waals surface area contributed by atoms with Crippen molar-refractivity contribution in [2.75, 3.05) is 0 Å². The van der Waals surface area contributed by atoms with Gasteiger partial charge in [-0.05, 0) is 34.9 Å². The van der Waals surface area contributed by atoms with E-state index in [2.05, 4.69) is 23.8 Å². The normalized spacial score (nSPS) is 10.7. The van der Waals surface area contributed by atoms with Gasteiger partial charge in [0, 0.05) is 0 Å². The van der Waals surface area contributed by atoms with Crippen LogP contribution in [0, 0.1) is 9.49 Å². The summed E-state index contributed by atoms with van der Waals surface area (Å²) in [5, 5.41) is 0. The maximum absolute atomic E-state index is 11.1. The highest BCUT2D eigenvalue weighted by atomic mass is 127. The molecule has 0 atom stereocenters. The van der Waals surface area contributed by atoms with Gasteiger partial charge in [0.25, 0.3) is 5.56 Å². The average Bonchev–Trinajstić information content (AvgIpc) is 1.98. The van der Waals surface area contributed by atoms with Crippen molar-refractivity contribution in [2.24, 2.45) is 5.92 Å². The zero-order valence-corrected chi connectivity index (χ0v) is 9.25. The zero-order valence-electron chi connectivity index (χ0n) is 7.10. The Morgan fingerprint density at radius 1 is 1.67 bits per heavy atom. The van der Waals surface area contributed by atoms with Crippen LogP contribution in [0.2, 0.25) is 0 Å². The molecule has 1 aromatic heterocycles. The highest BCUT2D eigenvalue weighted by Crippen LogP contribution is 2.08. The van der Waals surface area contributed by atoms with Crippen molar-refractivity contribution < 1.29 is 0 Å². The van der Waals surface area contributed by atoms with E-state index >= 15 is 0 Å². The van der Waals surface area contributed by atoms with E-state index < -0.39 is 0 Å². The van der Waals surface area contributed by atoms with Crippen molar-refractivity contribution in [3.63, 3.8) is 0 Å². The molecule has 0 saturated carbocycles. The highest BCUT2D eigenvalue weighted by molar-refractivity contribution is 14.1. The second kappa shape index (κ2) is 4.02. The molecule has 0 aliphatic rings. The molecule has 1 aromatic rings. The fourth-order valence-electron chi connectivity index (χ4n) is 0.949. The molecule has 66 valence electrons. The predicted molar refractivity (Wildman–Crippen MR) is 56.1 cm³/mol. The Morgan fingerprint density at radius 2 is 2.33 bits per heavy atom. The van der Waals surface area contributed by atoms with Crippen molar-refractivity contribution in [1.82, 2.24) is 9.97 Å². The van der Waals surface area contributed by atoms with E-state index in [1.807, 2.05) is 22.6 Å². The van der Waals surface area contributed by atoms with E-state index in [0.29, 0.717) is 9.49 Å². The van der Waals surface area contributed by atoms with Crippen LogP contribution in [0.5, 0.6) is 0 Å². The lowest BCUT2D eigenvalue weighted by molar-refractivity contribution is 0.630. The summed E-state index contributed by atoms with van der Waals surface area (Å²) in [6.45, 7) is 4.22. The fraction of sp³-hybridized carbons (Fsp3) is 0.500. The number of aromatic amines is 1. The summed E-state index contributed by atoms with van der Waals surface area (Å²) in [6, 6.07) is 0. The molecule has 0 aliphatic heterocycles. The van der Waals surface area contributed by atoms with Gasteiger partial charge in [0.15, 0.2) is 0 Å². The lowest BCUT2D eigenvalue weighted by Crippen LogP contribution is -2.14. The summed E-state index contributed by atoms with van der Waals surface area (Å²) in [6.07, 6.45) is 2.32. The number of hydrogen-bond acceptors (Lipinski definition) is 2. The summed E-state index contributed by atoms with van der Waals surface area (Å²) in [5.74, 6) is 0.535. The van der Waals surface area contributed by atoms with Gasteiger partial charge in [0.2, 0.25) is 0 Å². The first-order valence-corrected chi connectivity index (χ1v) is 4.91. The predicted octanol–water partition coefficient (Wildman–Crippen LogP) is 1.57. The molecule has 1 rings (SSSR count). The SMILES string of the molecule is CC(C)Cc1nc[nH]c(=O)c1I. The number of aromatic nitrogens is 2. The minimum absolute atomic E-state index is 0.0405. The van der Waals surface area contributed by atoms with Crippen LogP contribution >= 0.6 is 22.6 Å². The average molecular weight is 278 g/mol. The van der Waals surface area contributed by atoms with Gasteiger partial charge < -0.3 is 4.98 Å². The Kier molecular flexibility index (Phi) is 3.25. The first kappa shape index (κ1) is 9.70. The molecular formula is C8H11IN2O. The molecule has 0 aliphatic carbocycles. The lowest BCUT2D eigenvalue weighted by Gasteiger charge is -2.04. The molecular weight excluding hydrogens is 267 g/mol. The number of H-pyrrole nitrogens is 1. The second-order valence-electron chi connectivity index (χ2n) is 3.09. The van der Waals surface area contributed by atoms with E-state index in [1.165, 1.54) is 6.33 Å². The van der Waals surface area contributed by atoms with Crippen molar-refractivity contribution in [3.8, 4) is 0 Å². The molecule has 0 fully saturated rings. The molecule has 1 heterocycles. The largest absolute Gasteiger partial charge is 0.312 e. The number of hydrogen-bond donors (Lipinski definition) is 1. The number of nitrogens with one attached hydrogen (secondary N) is 1. The van der Waals surface area contributed by atoms with E-state index in [1.54, 1.807) is 0 Å². The van der Waals surface area contributed by atoms with E-state index in [-0.39, 0.29) is 5.56 Å². The van der Waals surface area contributed by atoms with Gasteiger partial charge in [-0.3, -0.25) is 4.79 Å². The minimum Gasteiger partial charge on any atom is -0.312 e. The monoisotopic (exact) mass is 278 g/mol. The fourth-order valence-corrected chi connectivity index (χ4v) is 1.46. The van der Waals surface area contributed by atoms with E-state index in [0.717, 1.165) is 12.1 Å². The number of rotatable bonds is 2. The second-order valence-corrected chi connectivity index (χ2v) is 4.17. The molecule has 0 unspecified atom stereocenters. The third-order valence-corrected chi connectivity index (χ3v) is 2.58. The van der Waals surface area contributed by atoms with Crippen LogP contribution < -0.4 is 5.56 Å². The van der Waals surface area contributed by atoms with Crippen molar-refractivity contribution in [2.45, 2.75) is 20.3 Å². The first-order chi connectivity index (χ1) is 5.61. The number of nitrogens with zero attached hydrogens (tertiary/aromatic N) is 1. The van der Waals surface area contributed by atoms with Crippen molar-refractivity contribution in [1.29, 1.82) is 0 Å². The van der Waals surface area contributed by atoms with Crippen LogP contribution in [0.15, 0.2) is 11.1 Å². The Morgan fingerprint density at radius 3 is 2.92 bits per heavy atom.